The molecule has 0 aliphatic carbocycles. The molecule has 1 aliphatic heterocycles. The number of fused-ring (bicyclic) bond motifs is 1. The fourth-order valence-corrected chi connectivity index (χ4v) is 6.38. The lowest BCUT2D eigenvalue weighted by molar-refractivity contribution is -0.119. The number of sulfonamides is 1. The number of carbonyl (C=O) groups is 1. The van der Waals surface area contributed by atoms with Crippen molar-refractivity contribution in [3.63, 3.8) is 0 Å². The highest BCUT2D eigenvalue weighted by atomic mass is 32.2. The Labute approximate surface area is 192 Å². The maximum absolute atomic E-state index is 13.3. The van der Waals surface area contributed by atoms with Gasteiger partial charge in [-0.05, 0) is 54.2 Å². The highest BCUT2D eigenvalue weighted by molar-refractivity contribution is 7.89. The molecule has 0 radical (unpaired) electrons. The van der Waals surface area contributed by atoms with Crippen molar-refractivity contribution in [1.82, 2.24) is 9.29 Å². The second kappa shape index (κ2) is 8.46. The third-order valence-electron chi connectivity index (χ3n) is 5.66. The molecule has 170 valence electrons. The summed E-state index contributed by atoms with van der Waals surface area (Å²) in [5.74, 6) is 0.355. The Kier molecular flexibility index (Phi) is 6.00. The Morgan fingerprint density at radius 2 is 1.91 bits per heavy atom. The van der Waals surface area contributed by atoms with E-state index in [4.69, 9.17) is 4.74 Å². The van der Waals surface area contributed by atoms with E-state index in [9.17, 15) is 13.2 Å². The Hall–Kier alpha value is -2.49. The maximum Gasteiger partial charge on any atom is 0.244 e. The average Bonchev–Trinajstić information content (AvgIpc) is 3.39. The Balaban J connectivity index is 1.54. The van der Waals surface area contributed by atoms with E-state index < -0.39 is 16.1 Å². The predicted molar refractivity (Wildman–Crippen MR) is 127 cm³/mol. The van der Waals surface area contributed by atoms with E-state index in [2.05, 4.69) is 31.1 Å². The van der Waals surface area contributed by atoms with E-state index in [0.717, 1.165) is 15.8 Å². The third kappa shape index (κ3) is 4.37. The van der Waals surface area contributed by atoms with Gasteiger partial charge in [-0.2, -0.15) is 4.31 Å². The third-order valence-corrected chi connectivity index (χ3v) is 8.52. The van der Waals surface area contributed by atoms with Crippen molar-refractivity contribution in [2.24, 2.45) is 0 Å². The van der Waals surface area contributed by atoms with Crippen molar-refractivity contribution in [2.75, 3.05) is 19.0 Å². The van der Waals surface area contributed by atoms with Gasteiger partial charge in [-0.1, -0.05) is 44.2 Å². The number of anilines is 1. The fourth-order valence-electron chi connectivity index (χ4n) is 3.83. The molecule has 1 amide bonds. The molecule has 2 aromatic carbocycles. The number of amides is 1. The second-order valence-electron chi connectivity index (χ2n) is 8.89. The fraction of sp³-hybridized carbons (Fsp3) is 0.391. The highest BCUT2D eigenvalue weighted by Crippen LogP contribution is 2.32. The number of thiazole rings is 1. The van der Waals surface area contributed by atoms with E-state index in [0.29, 0.717) is 30.3 Å². The van der Waals surface area contributed by atoms with Crippen LogP contribution in [0, 0.1) is 0 Å². The van der Waals surface area contributed by atoms with E-state index >= 15 is 0 Å². The number of nitrogens with one attached hydrogen (secondary N) is 1. The molecule has 0 spiro atoms. The highest BCUT2D eigenvalue weighted by Gasteiger charge is 2.39. The van der Waals surface area contributed by atoms with Gasteiger partial charge in [0.25, 0.3) is 0 Å². The minimum absolute atomic E-state index is 0.0698. The molecule has 3 aromatic rings. The van der Waals surface area contributed by atoms with Gasteiger partial charge >= 0.3 is 0 Å². The van der Waals surface area contributed by atoms with Crippen LogP contribution in [-0.2, 0) is 20.2 Å². The zero-order valence-corrected chi connectivity index (χ0v) is 20.2. The molecule has 1 saturated heterocycles. The number of hydrogen-bond donors (Lipinski definition) is 1. The van der Waals surface area contributed by atoms with E-state index in [1.54, 1.807) is 19.2 Å². The molecule has 4 rings (SSSR count). The molecule has 1 N–H and O–H groups in total. The van der Waals surface area contributed by atoms with Crippen molar-refractivity contribution in [2.45, 2.75) is 50.0 Å². The molecule has 9 heteroatoms. The van der Waals surface area contributed by atoms with Gasteiger partial charge in [-0.3, -0.25) is 4.79 Å². The van der Waals surface area contributed by atoms with Gasteiger partial charge in [-0.15, -0.1) is 0 Å². The first-order chi connectivity index (χ1) is 15.1. The van der Waals surface area contributed by atoms with Gasteiger partial charge < -0.3 is 10.1 Å². The molecule has 32 heavy (non-hydrogen) atoms. The summed E-state index contributed by atoms with van der Waals surface area (Å²) in [4.78, 5) is 17.7. The Morgan fingerprint density at radius 3 is 2.56 bits per heavy atom. The minimum atomic E-state index is -3.78. The zero-order chi connectivity index (χ0) is 23.1. The maximum atomic E-state index is 13.3. The van der Waals surface area contributed by atoms with Crippen LogP contribution in [0.15, 0.2) is 47.4 Å². The van der Waals surface area contributed by atoms with E-state index in [1.165, 1.54) is 15.6 Å². The minimum Gasteiger partial charge on any atom is -0.497 e. The molecule has 0 saturated carbocycles. The van der Waals surface area contributed by atoms with Crippen LogP contribution >= 0.6 is 11.3 Å². The summed E-state index contributed by atoms with van der Waals surface area (Å²) in [6, 6.07) is 11.7. The largest absolute Gasteiger partial charge is 0.497 e. The monoisotopic (exact) mass is 473 g/mol. The normalized spacial score (nSPS) is 17.6. The van der Waals surface area contributed by atoms with Crippen molar-refractivity contribution in [3.8, 4) is 5.75 Å². The molecule has 1 aromatic heterocycles. The van der Waals surface area contributed by atoms with Crippen LogP contribution in [0.25, 0.3) is 10.2 Å². The molecular formula is C23H27N3O4S2. The van der Waals surface area contributed by atoms with Crippen LogP contribution in [0.1, 0.15) is 39.2 Å². The van der Waals surface area contributed by atoms with Crippen LogP contribution in [0.4, 0.5) is 5.13 Å². The number of carbonyl (C=O) groups excluding carboxylic acids is 1. The quantitative estimate of drug-likeness (QED) is 0.594. The van der Waals surface area contributed by atoms with Crippen molar-refractivity contribution >= 4 is 42.6 Å². The number of nitrogens with zero attached hydrogens (tertiary/aromatic N) is 2. The zero-order valence-electron chi connectivity index (χ0n) is 18.6. The molecule has 0 unspecified atom stereocenters. The van der Waals surface area contributed by atoms with Crippen LogP contribution in [0.3, 0.4) is 0 Å². The number of methoxy groups -OCH3 is 1. The molecular weight excluding hydrogens is 446 g/mol. The number of rotatable bonds is 5. The van der Waals surface area contributed by atoms with Crippen molar-refractivity contribution in [1.29, 1.82) is 0 Å². The van der Waals surface area contributed by atoms with Gasteiger partial charge in [0.15, 0.2) is 5.13 Å². The molecule has 0 bridgehead atoms. The first-order valence-electron chi connectivity index (χ1n) is 10.5. The Bertz CT molecular complexity index is 1240. The number of hydrogen-bond acceptors (Lipinski definition) is 6. The van der Waals surface area contributed by atoms with E-state index in [1.807, 2.05) is 30.3 Å². The molecule has 1 aliphatic rings. The average molecular weight is 474 g/mol. The summed E-state index contributed by atoms with van der Waals surface area (Å²) >= 11 is 1.33. The van der Waals surface area contributed by atoms with Crippen molar-refractivity contribution < 1.29 is 17.9 Å². The summed E-state index contributed by atoms with van der Waals surface area (Å²) < 4.78 is 34.0. The lowest BCUT2D eigenvalue weighted by Gasteiger charge is -2.24. The van der Waals surface area contributed by atoms with Gasteiger partial charge in [0, 0.05) is 6.54 Å². The summed E-state index contributed by atoms with van der Waals surface area (Å²) in [5.41, 5.74) is 1.74. The second-order valence-corrected chi connectivity index (χ2v) is 11.8. The van der Waals surface area contributed by atoms with Gasteiger partial charge in [0.1, 0.15) is 11.8 Å². The van der Waals surface area contributed by atoms with Gasteiger partial charge in [0.2, 0.25) is 15.9 Å². The predicted octanol–water partition coefficient (Wildman–Crippen LogP) is 4.39. The summed E-state index contributed by atoms with van der Waals surface area (Å²) in [7, 11) is -2.19. The standard InChI is InChI=1S/C23H27N3O4S2/c1-23(2,3)15-7-10-17(11-8-15)32(28,29)26-13-5-6-19(26)21(27)25-22-24-18-12-9-16(30-4)14-20(18)31-22/h7-12,14,19H,5-6,13H2,1-4H3,(H,24,25,27)/t19-/m0/s1. The van der Waals surface area contributed by atoms with Crippen LogP contribution in [0.5, 0.6) is 5.75 Å². The molecule has 1 atom stereocenters. The molecule has 2 heterocycles. The van der Waals surface area contributed by atoms with Crippen LogP contribution < -0.4 is 10.1 Å². The molecule has 1 fully saturated rings. The lowest BCUT2D eigenvalue weighted by Crippen LogP contribution is -2.43. The summed E-state index contributed by atoms with van der Waals surface area (Å²) in [6.07, 6.45) is 1.11. The SMILES string of the molecule is COc1ccc2nc(NC(=O)[C@@H]3CCCN3S(=O)(=O)c3ccc(C(C)(C)C)cc3)sc2c1. The van der Waals surface area contributed by atoms with Crippen molar-refractivity contribution in [3.05, 3.63) is 48.0 Å². The van der Waals surface area contributed by atoms with Crippen LogP contribution in [-0.4, -0.2) is 43.3 Å². The first kappa shape index (κ1) is 22.7. The topological polar surface area (TPSA) is 88.6 Å². The summed E-state index contributed by atoms with van der Waals surface area (Å²) in [6.45, 7) is 6.55. The smallest absolute Gasteiger partial charge is 0.244 e. The number of aromatic nitrogens is 1. The number of benzene rings is 2. The molecule has 7 nitrogen and oxygen atoms in total. The first-order valence-corrected chi connectivity index (χ1v) is 12.7. The van der Waals surface area contributed by atoms with E-state index in [-0.39, 0.29) is 16.2 Å². The van der Waals surface area contributed by atoms with Gasteiger partial charge in [0.05, 0.1) is 22.2 Å². The lowest BCUT2D eigenvalue weighted by atomic mass is 9.87. The number of ether oxygens (including phenoxy) is 1. The Morgan fingerprint density at radius 1 is 1.19 bits per heavy atom. The van der Waals surface area contributed by atoms with Gasteiger partial charge in [-0.25, -0.2) is 13.4 Å². The van der Waals surface area contributed by atoms with Crippen LogP contribution in [0.2, 0.25) is 0 Å². The summed E-state index contributed by atoms with van der Waals surface area (Å²) in [5, 5.41) is 3.26.